The molecule has 0 aliphatic heterocycles. The van der Waals surface area contributed by atoms with Gasteiger partial charge in [0.25, 0.3) is 5.91 Å². The third-order valence-corrected chi connectivity index (χ3v) is 3.68. The largest absolute Gasteiger partial charge is 0.462 e. The van der Waals surface area contributed by atoms with Gasteiger partial charge in [0, 0.05) is 12.1 Å². The molecule has 0 saturated heterocycles. The lowest BCUT2D eigenvalue weighted by molar-refractivity contribution is 0.0526. The Bertz CT molecular complexity index is 726. The zero-order chi connectivity index (χ0) is 17.7. The van der Waals surface area contributed by atoms with Crippen molar-refractivity contribution >= 4 is 11.9 Å². The number of hydrogen-bond acceptors (Lipinski definition) is 5. The van der Waals surface area contributed by atoms with E-state index in [2.05, 4.69) is 9.97 Å². The van der Waals surface area contributed by atoms with E-state index in [9.17, 15) is 14.7 Å². The summed E-state index contributed by atoms with van der Waals surface area (Å²) in [5.41, 5.74) is 6.35. The van der Waals surface area contributed by atoms with Gasteiger partial charge in [0.15, 0.2) is 0 Å². The first kappa shape index (κ1) is 17.7. The number of benzene rings is 1. The van der Waals surface area contributed by atoms with Crippen LogP contribution < -0.4 is 5.73 Å². The maximum atomic E-state index is 11.8. The molecule has 2 unspecified atom stereocenters. The van der Waals surface area contributed by atoms with E-state index in [0.29, 0.717) is 30.0 Å². The van der Waals surface area contributed by atoms with Crippen LogP contribution in [0.1, 0.15) is 64.5 Å². The lowest BCUT2D eigenvalue weighted by Gasteiger charge is -2.16. The summed E-state index contributed by atoms with van der Waals surface area (Å²) in [6, 6.07) is 6.71. The number of carbonyl (C=O) groups is 2. The van der Waals surface area contributed by atoms with Crippen LogP contribution in [0.2, 0.25) is 0 Å². The zero-order valence-electron chi connectivity index (χ0n) is 13.7. The first-order chi connectivity index (χ1) is 11.4. The van der Waals surface area contributed by atoms with Gasteiger partial charge in [-0.15, -0.1) is 0 Å². The SMILES string of the molecule is CCOC(=O)c1cccc(C(O)CC(C)c2nc(C(N)=O)c[nH]2)c1. The molecule has 0 spiro atoms. The van der Waals surface area contributed by atoms with Gasteiger partial charge in [0.05, 0.1) is 18.3 Å². The molecule has 2 rings (SSSR count). The number of primary amides is 1. The second kappa shape index (κ2) is 7.74. The van der Waals surface area contributed by atoms with Crippen molar-refractivity contribution in [1.29, 1.82) is 0 Å². The van der Waals surface area contributed by atoms with Crippen molar-refractivity contribution in [3.8, 4) is 0 Å². The first-order valence-electron chi connectivity index (χ1n) is 7.72. The van der Waals surface area contributed by atoms with Crippen LogP contribution in [0.4, 0.5) is 0 Å². The Morgan fingerprint density at radius 3 is 2.79 bits per heavy atom. The fourth-order valence-corrected chi connectivity index (χ4v) is 2.39. The fourth-order valence-electron chi connectivity index (χ4n) is 2.39. The highest BCUT2D eigenvalue weighted by Gasteiger charge is 2.19. The van der Waals surface area contributed by atoms with E-state index in [-0.39, 0.29) is 11.6 Å². The number of nitrogens with one attached hydrogen (secondary N) is 1. The minimum absolute atomic E-state index is 0.126. The van der Waals surface area contributed by atoms with Crippen LogP contribution in [0.25, 0.3) is 0 Å². The Balaban J connectivity index is 2.08. The first-order valence-corrected chi connectivity index (χ1v) is 7.72. The summed E-state index contributed by atoms with van der Waals surface area (Å²) in [7, 11) is 0. The topological polar surface area (TPSA) is 118 Å². The quantitative estimate of drug-likeness (QED) is 0.670. The number of aliphatic hydroxyl groups is 1. The molecular weight excluding hydrogens is 310 g/mol. The standard InChI is InChI=1S/C17H21N3O4/c1-3-24-17(23)12-6-4-5-11(8-12)14(21)7-10(2)16-19-9-13(20-16)15(18)22/h4-6,8-10,14,21H,3,7H2,1-2H3,(H2,18,22)(H,19,20). The highest BCUT2D eigenvalue weighted by Crippen LogP contribution is 2.27. The minimum atomic E-state index is -0.781. The molecule has 24 heavy (non-hydrogen) atoms. The molecule has 7 heteroatoms. The number of esters is 1. The van der Waals surface area contributed by atoms with Crippen LogP contribution in [-0.4, -0.2) is 33.6 Å². The maximum absolute atomic E-state index is 11.8. The summed E-state index contributed by atoms with van der Waals surface area (Å²) in [5, 5.41) is 10.4. The molecule has 0 radical (unpaired) electrons. The minimum Gasteiger partial charge on any atom is -0.462 e. The number of rotatable bonds is 7. The van der Waals surface area contributed by atoms with Gasteiger partial charge in [-0.05, 0) is 31.0 Å². The highest BCUT2D eigenvalue weighted by molar-refractivity contribution is 5.90. The molecule has 7 nitrogen and oxygen atoms in total. The number of hydrogen-bond donors (Lipinski definition) is 3. The normalized spacial score (nSPS) is 13.3. The lowest BCUT2D eigenvalue weighted by Crippen LogP contribution is -2.12. The van der Waals surface area contributed by atoms with Gasteiger partial charge < -0.3 is 20.6 Å². The van der Waals surface area contributed by atoms with Gasteiger partial charge >= 0.3 is 5.97 Å². The fraction of sp³-hybridized carbons (Fsp3) is 0.353. The summed E-state index contributed by atoms with van der Waals surface area (Å²) >= 11 is 0. The van der Waals surface area contributed by atoms with Crippen LogP contribution in [0.15, 0.2) is 30.5 Å². The molecule has 1 aromatic heterocycles. The Morgan fingerprint density at radius 2 is 2.17 bits per heavy atom. The maximum Gasteiger partial charge on any atom is 0.338 e. The van der Waals surface area contributed by atoms with Gasteiger partial charge in [0.2, 0.25) is 0 Å². The number of H-pyrrole nitrogens is 1. The number of imidazole rings is 1. The van der Waals surface area contributed by atoms with Crippen LogP contribution in [0.5, 0.6) is 0 Å². The summed E-state index contributed by atoms with van der Waals surface area (Å²) < 4.78 is 4.96. The zero-order valence-corrected chi connectivity index (χ0v) is 13.7. The van der Waals surface area contributed by atoms with Gasteiger partial charge in [-0.1, -0.05) is 19.1 Å². The molecule has 0 fully saturated rings. The van der Waals surface area contributed by atoms with E-state index in [0.717, 1.165) is 0 Å². The van der Waals surface area contributed by atoms with Crippen molar-refractivity contribution in [2.75, 3.05) is 6.61 Å². The van der Waals surface area contributed by atoms with Crippen LogP contribution in [-0.2, 0) is 4.74 Å². The second-order valence-electron chi connectivity index (χ2n) is 5.53. The molecule has 1 amide bonds. The molecular formula is C17H21N3O4. The smallest absolute Gasteiger partial charge is 0.338 e. The predicted octanol–water partition coefficient (Wildman–Crippen LogP) is 1.91. The summed E-state index contributed by atoms with van der Waals surface area (Å²) in [5.74, 6) is -0.576. The number of amides is 1. The van der Waals surface area contributed by atoms with E-state index in [1.165, 1.54) is 6.20 Å². The number of ether oxygens (including phenoxy) is 1. The molecule has 0 aliphatic rings. The number of nitrogens with two attached hydrogens (primary N) is 1. The van der Waals surface area contributed by atoms with E-state index in [1.54, 1.807) is 31.2 Å². The van der Waals surface area contributed by atoms with Crippen molar-refractivity contribution in [1.82, 2.24) is 9.97 Å². The van der Waals surface area contributed by atoms with E-state index < -0.39 is 18.0 Å². The Kier molecular flexibility index (Phi) is 5.70. The van der Waals surface area contributed by atoms with Crippen LogP contribution >= 0.6 is 0 Å². The predicted molar refractivity (Wildman–Crippen MR) is 87.5 cm³/mol. The molecule has 0 saturated carbocycles. The summed E-state index contributed by atoms with van der Waals surface area (Å²) in [6.45, 7) is 3.91. The molecule has 0 bridgehead atoms. The number of aliphatic hydroxyl groups excluding tert-OH is 1. The molecule has 1 heterocycles. The highest BCUT2D eigenvalue weighted by atomic mass is 16.5. The Morgan fingerprint density at radius 1 is 1.42 bits per heavy atom. The number of carbonyl (C=O) groups excluding carboxylic acids is 2. The van der Waals surface area contributed by atoms with E-state index >= 15 is 0 Å². The second-order valence-corrected chi connectivity index (χ2v) is 5.53. The van der Waals surface area contributed by atoms with Crippen molar-refractivity contribution in [3.63, 3.8) is 0 Å². The van der Waals surface area contributed by atoms with E-state index in [1.807, 2.05) is 6.92 Å². The average molecular weight is 331 g/mol. The summed E-state index contributed by atoms with van der Waals surface area (Å²) in [4.78, 5) is 29.9. The molecule has 4 N–H and O–H groups in total. The van der Waals surface area contributed by atoms with Crippen molar-refractivity contribution < 1.29 is 19.4 Å². The lowest BCUT2D eigenvalue weighted by atomic mass is 9.96. The van der Waals surface area contributed by atoms with E-state index in [4.69, 9.17) is 10.5 Å². The Labute approximate surface area is 139 Å². The monoisotopic (exact) mass is 331 g/mol. The molecule has 2 aromatic rings. The molecule has 2 atom stereocenters. The third-order valence-electron chi connectivity index (χ3n) is 3.68. The summed E-state index contributed by atoms with van der Waals surface area (Å²) in [6.07, 6.45) is 1.04. The molecule has 1 aromatic carbocycles. The Hall–Kier alpha value is -2.67. The number of nitrogens with zero attached hydrogens (tertiary/aromatic N) is 1. The number of aromatic nitrogens is 2. The van der Waals surface area contributed by atoms with Crippen LogP contribution in [0, 0.1) is 0 Å². The molecule has 0 aliphatic carbocycles. The van der Waals surface area contributed by atoms with Gasteiger partial charge in [-0.2, -0.15) is 0 Å². The number of aromatic amines is 1. The third kappa shape index (κ3) is 4.20. The van der Waals surface area contributed by atoms with Crippen molar-refractivity contribution in [2.24, 2.45) is 5.73 Å². The van der Waals surface area contributed by atoms with Crippen LogP contribution in [0.3, 0.4) is 0 Å². The van der Waals surface area contributed by atoms with Gasteiger partial charge in [-0.25, -0.2) is 9.78 Å². The van der Waals surface area contributed by atoms with Gasteiger partial charge in [0.1, 0.15) is 11.5 Å². The molecule has 128 valence electrons. The average Bonchev–Trinajstić information content (AvgIpc) is 3.05. The van der Waals surface area contributed by atoms with Crippen molar-refractivity contribution in [2.45, 2.75) is 32.3 Å². The van der Waals surface area contributed by atoms with Crippen molar-refractivity contribution in [3.05, 3.63) is 53.1 Å². The van der Waals surface area contributed by atoms with Gasteiger partial charge in [-0.3, -0.25) is 4.79 Å².